The minimum Gasteiger partial charge on any atom is -0.338 e. The van der Waals surface area contributed by atoms with Crippen molar-refractivity contribution in [3.8, 4) is 33.6 Å². The minimum atomic E-state index is -0.283. The average Bonchev–Trinajstić information content (AvgIpc) is 3.48. The van der Waals surface area contributed by atoms with Gasteiger partial charge in [0, 0.05) is 157 Å². The molecule has 4 aromatic carbocycles. The Morgan fingerprint density at radius 3 is 1.49 bits per heavy atom. The zero-order valence-corrected chi connectivity index (χ0v) is 36.5. The van der Waals surface area contributed by atoms with Crippen LogP contribution in [0.3, 0.4) is 0 Å². The number of aromatic amines is 1. The largest absolute Gasteiger partial charge is 0.338 e. The lowest BCUT2D eigenvalue weighted by molar-refractivity contribution is 0.627. The number of imidazole rings is 1. The maximum Gasteiger partial charge on any atom is 0.139 e. The van der Waals surface area contributed by atoms with Gasteiger partial charge in [-0.05, 0) is 68.5 Å². The van der Waals surface area contributed by atoms with Crippen LogP contribution in [0.2, 0.25) is 0 Å². The third kappa shape index (κ3) is 12.9. The SMILES string of the molecule is Fc1ccc(-c2nc3cc(-c4ccccc4)c(-c4ccccc4)cc3[nH]2)c(Br)c1.S=S=S=S=S=S=S=S=S=S=S=S=S=S=S=S. The Balaban J connectivity index is 0.000000248. The number of fused-ring (bicyclic) bond motifs is 1. The van der Waals surface area contributed by atoms with E-state index in [1.54, 1.807) is 113 Å². The smallest absolute Gasteiger partial charge is 0.139 e. The minimum absolute atomic E-state index is 0.283. The van der Waals surface area contributed by atoms with E-state index in [4.69, 9.17) is 27.4 Å². The molecule has 0 amide bonds. The first-order chi connectivity index (χ1) is 22.1. The lowest BCUT2D eigenvalue weighted by atomic mass is 9.94. The predicted molar refractivity (Wildman–Crippen MR) is 238 cm³/mol. The summed E-state index contributed by atoms with van der Waals surface area (Å²) in [7, 11) is 23.5. The highest BCUT2D eigenvalue weighted by atomic mass is 79.9. The van der Waals surface area contributed by atoms with Crippen molar-refractivity contribution in [1.82, 2.24) is 9.97 Å². The second kappa shape index (κ2) is 22.1. The molecule has 5 aromatic rings. The van der Waals surface area contributed by atoms with Crippen LogP contribution in [0.1, 0.15) is 0 Å². The monoisotopic (exact) mass is 954 g/mol. The topological polar surface area (TPSA) is 28.7 Å². The molecule has 1 aromatic heterocycles. The third-order valence-electron chi connectivity index (χ3n) is 5.34. The van der Waals surface area contributed by atoms with E-state index < -0.39 is 0 Å². The first-order valence-corrected chi connectivity index (χ1v) is 32.6. The van der Waals surface area contributed by atoms with Crippen LogP contribution in [0.15, 0.2) is 95.5 Å². The highest BCUT2D eigenvalue weighted by Crippen LogP contribution is 2.36. The van der Waals surface area contributed by atoms with Crippen LogP contribution in [0.4, 0.5) is 4.39 Å². The molecular formula is C25H16BrFN2S16. The zero-order chi connectivity index (χ0) is 31.7. The van der Waals surface area contributed by atoms with Gasteiger partial charge in [0.05, 0.1) is 11.0 Å². The van der Waals surface area contributed by atoms with Crippen molar-refractivity contribution in [3.63, 3.8) is 0 Å². The van der Waals surface area contributed by atoms with Crippen LogP contribution in [0.25, 0.3) is 44.7 Å². The summed E-state index contributed by atoms with van der Waals surface area (Å²) in [5.41, 5.74) is 7.18. The Morgan fingerprint density at radius 2 is 1.02 bits per heavy atom. The molecule has 0 saturated carbocycles. The molecule has 0 radical (unpaired) electrons. The lowest BCUT2D eigenvalue weighted by Crippen LogP contribution is -1.86. The number of rotatable bonds is 3. The van der Waals surface area contributed by atoms with Crippen LogP contribution >= 0.6 is 15.9 Å². The molecule has 0 bridgehead atoms. The molecule has 236 valence electrons. The van der Waals surface area contributed by atoms with Crippen molar-refractivity contribution in [2.75, 3.05) is 0 Å². The second-order valence-corrected chi connectivity index (χ2v) is 33.4. The van der Waals surface area contributed by atoms with Crippen molar-refractivity contribution in [2.24, 2.45) is 0 Å². The van der Waals surface area contributed by atoms with Crippen molar-refractivity contribution in [2.45, 2.75) is 0 Å². The number of H-pyrrole nitrogens is 1. The van der Waals surface area contributed by atoms with Gasteiger partial charge in [0.25, 0.3) is 0 Å². The number of hydrogen-bond donors (Lipinski definition) is 1. The first kappa shape index (κ1) is 38.1. The third-order valence-corrected chi connectivity index (χ3v) is 34.9. The van der Waals surface area contributed by atoms with E-state index in [1.165, 1.54) is 29.9 Å². The van der Waals surface area contributed by atoms with E-state index in [0.29, 0.717) is 10.3 Å². The van der Waals surface area contributed by atoms with Crippen molar-refractivity contribution in [1.29, 1.82) is 0 Å². The molecule has 20 heteroatoms. The molecule has 0 unspecified atom stereocenters. The normalized spacial score (nSPS) is 9.73. The van der Waals surface area contributed by atoms with Gasteiger partial charge >= 0.3 is 0 Å². The lowest BCUT2D eigenvalue weighted by Gasteiger charge is -2.10. The van der Waals surface area contributed by atoms with Gasteiger partial charge in [-0.25, -0.2) is 9.37 Å². The fourth-order valence-electron chi connectivity index (χ4n) is 3.72. The molecular weight excluding hydrogens is 940 g/mol. The number of aromatic nitrogens is 2. The van der Waals surface area contributed by atoms with Gasteiger partial charge in [0.2, 0.25) is 0 Å². The van der Waals surface area contributed by atoms with Crippen molar-refractivity contribution >= 4 is 174 Å². The number of nitrogens with zero attached hydrogens (tertiary/aromatic N) is 1. The summed E-state index contributed by atoms with van der Waals surface area (Å²) in [5.74, 6) is 0.422. The van der Waals surface area contributed by atoms with Gasteiger partial charge in [0.1, 0.15) is 11.6 Å². The predicted octanol–water partition coefficient (Wildman–Crippen LogP) is 7.43. The zero-order valence-electron chi connectivity index (χ0n) is 21.9. The number of nitrogens with one attached hydrogen (secondary N) is 1. The highest BCUT2D eigenvalue weighted by molar-refractivity contribution is 9.10. The molecule has 0 saturated heterocycles. The fraction of sp³-hybridized carbons (Fsp3) is 0. The maximum absolute atomic E-state index is 13.5. The Kier molecular flexibility index (Phi) is 18.7. The summed E-state index contributed by atoms with van der Waals surface area (Å²) in [6, 6.07) is 29.5. The average molecular weight is 956 g/mol. The standard InChI is InChI=1S/C25H16BrFN2.S16/c26-22-13-18(27)11-12-19(22)25-28-23-14-20(16-7-3-1-4-8-16)21(15-24(23)29-25)17-9-5-2-6-10-17;1-3-5-7-9-11-13-15-16-14-12-10-8-6-4-2/h1-15H,(H,28,29);. The molecule has 0 atom stereocenters. The van der Waals surface area contributed by atoms with Gasteiger partial charge in [-0.2, -0.15) is 0 Å². The van der Waals surface area contributed by atoms with E-state index in [2.05, 4.69) is 57.3 Å². The van der Waals surface area contributed by atoms with Gasteiger partial charge in [-0.15, -0.1) is 0 Å². The summed E-state index contributed by atoms with van der Waals surface area (Å²) in [4.78, 5) is 8.18. The molecule has 0 fully saturated rings. The fourth-order valence-corrected chi connectivity index (χ4v) is 37.2. The molecule has 0 aliphatic rings. The van der Waals surface area contributed by atoms with E-state index in [9.17, 15) is 4.39 Å². The Morgan fingerprint density at radius 1 is 0.556 bits per heavy atom. The molecule has 0 aliphatic heterocycles. The summed E-state index contributed by atoms with van der Waals surface area (Å²) in [6.07, 6.45) is 0. The quantitative estimate of drug-likeness (QED) is 0.204. The molecule has 0 spiro atoms. The second-order valence-electron chi connectivity index (χ2n) is 7.81. The van der Waals surface area contributed by atoms with Gasteiger partial charge in [-0.3, -0.25) is 0 Å². The number of halogens is 2. The molecule has 1 heterocycles. The summed E-state index contributed by atoms with van der Waals surface area (Å²) < 4.78 is 14.2. The van der Waals surface area contributed by atoms with Crippen LogP contribution < -0.4 is 0 Å². The maximum atomic E-state index is 13.5. The van der Waals surface area contributed by atoms with Crippen LogP contribution in [-0.4, -0.2) is 9.97 Å². The van der Waals surface area contributed by atoms with Crippen molar-refractivity contribution in [3.05, 3.63) is 101 Å². The summed E-state index contributed by atoms with van der Waals surface area (Å²) in [5, 5.41) is 0. The van der Waals surface area contributed by atoms with Crippen LogP contribution in [0.5, 0.6) is 0 Å². The molecule has 5 rings (SSSR count). The van der Waals surface area contributed by atoms with E-state index in [1.807, 2.05) is 36.4 Å². The van der Waals surface area contributed by atoms with Gasteiger partial charge in [0.15, 0.2) is 0 Å². The van der Waals surface area contributed by atoms with Crippen LogP contribution in [0, 0.1) is 5.82 Å². The number of hydrogen-bond acceptors (Lipinski definition) is 3. The Bertz CT molecular complexity index is 2310. The van der Waals surface area contributed by atoms with Gasteiger partial charge in [-0.1, -0.05) is 60.7 Å². The Labute approximate surface area is 318 Å². The highest BCUT2D eigenvalue weighted by Gasteiger charge is 2.14. The van der Waals surface area contributed by atoms with Crippen LogP contribution in [-0.2, 0) is 147 Å². The van der Waals surface area contributed by atoms with E-state index >= 15 is 0 Å². The number of benzene rings is 4. The van der Waals surface area contributed by atoms with Gasteiger partial charge < -0.3 is 4.98 Å². The molecule has 0 aliphatic carbocycles. The molecule has 2 nitrogen and oxygen atoms in total. The van der Waals surface area contributed by atoms with E-state index in [-0.39, 0.29) is 5.82 Å². The summed E-state index contributed by atoms with van der Waals surface area (Å²) in [6.45, 7) is 0. The van der Waals surface area contributed by atoms with Crippen molar-refractivity contribution < 1.29 is 4.39 Å². The summed E-state index contributed by atoms with van der Waals surface area (Å²) >= 11 is 12.9. The first-order valence-electron chi connectivity index (χ1n) is 11.8. The molecule has 45 heavy (non-hydrogen) atoms. The molecule has 1 N–H and O–H groups in total. The van der Waals surface area contributed by atoms with E-state index in [0.717, 1.165) is 38.9 Å². The Hall–Kier alpha value is 0.280.